The molecule has 0 radical (unpaired) electrons. The zero-order chi connectivity index (χ0) is 39.0. The standard InChI is InChI=1S/C46H59N8S2/c1-47-27-19-43(20-28-47)9-7-41-11-15-45(16-12-41)49(3)23-5-25-51-31-33-53(39-51)35-37-55-56-38-36-54-34-32-52(40-54)26-6-24-50(4)46-17-13-42(14-18-46)8-10-44-21-29-48(2)30-22-44/h7-22,27-29,31-34,39-40H,5-6,23-26,30,35-38H2,1-4H3/q+3/b10-8+. The number of nitrogens with zero attached hydrogens (tertiary/aromatic N) is 8. The van der Waals surface area contributed by atoms with Crippen LogP contribution in [0.4, 0.5) is 11.4 Å². The summed E-state index contributed by atoms with van der Waals surface area (Å²) in [5.74, 6) is 2.20. The van der Waals surface area contributed by atoms with Crippen molar-refractivity contribution in [3.63, 3.8) is 0 Å². The van der Waals surface area contributed by atoms with Gasteiger partial charge in [-0.15, -0.1) is 0 Å². The van der Waals surface area contributed by atoms with Crippen molar-refractivity contribution in [3.05, 3.63) is 157 Å². The van der Waals surface area contributed by atoms with Crippen molar-refractivity contribution >= 4 is 51.2 Å². The number of benzene rings is 2. The molecule has 0 aliphatic carbocycles. The van der Waals surface area contributed by atoms with Crippen molar-refractivity contribution in [2.45, 2.75) is 39.0 Å². The molecule has 0 fully saturated rings. The van der Waals surface area contributed by atoms with Gasteiger partial charge in [0.15, 0.2) is 12.4 Å². The molecule has 56 heavy (non-hydrogen) atoms. The summed E-state index contributed by atoms with van der Waals surface area (Å²) in [7, 11) is 12.4. The maximum Gasteiger partial charge on any atom is 0.243 e. The highest BCUT2D eigenvalue weighted by molar-refractivity contribution is 8.76. The molecule has 0 spiro atoms. The van der Waals surface area contributed by atoms with Gasteiger partial charge in [-0.25, -0.2) is 22.8 Å². The number of pyridine rings is 1. The van der Waals surface area contributed by atoms with Crippen LogP contribution in [0.25, 0.3) is 18.2 Å². The third-order valence-electron chi connectivity index (χ3n) is 10.0. The van der Waals surface area contributed by atoms with Crippen LogP contribution in [0.5, 0.6) is 0 Å². The van der Waals surface area contributed by atoms with Crippen LogP contribution >= 0.6 is 21.6 Å². The lowest BCUT2D eigenvalue weighted by Crippen LogP contribution is -2.33. The Balaban J connectivity index is 0.796. The first-order chi connectivity index (χ1) is 27.4. The van der Waals surface area contributed by atoms with E-state index in [0.717, 1.165) is 70.2 Å². The smallest absolute Gasteiger partial charge is 0.243 e. The van der Waals surface area contributed by atoms with Gasteiger partial charge in [0.05, 0.1) is 26.2 Å². The van der Waals surface area contributed by atoms with Crippen LogP contribution in [-0.4, -0.2) is 66.3 Å². The maximum atomic E-state index is 2.35. The zero-order valence-corrected chi connectivity index (χ0v) is 35.2. The second-order valence-electron chi connectivity index (χ2n) is 14.6. The SMILES string of the molecule is CN1C=CC(/C=C/c2ccc(N(C)CCCn3cc[n+](CCSSCC[n+]4ccn(CCCN(C)c5ccc(/C=C/c6cc[n+](C)cc6)cc5)c4)c3)cc2)=CC1. The molecule has 0 N–H and O–H groups in total. The quantitative estimate of drug-likeness (QED) is 0.0440. The number of aromatic nitrogens is 5. The molecule has 0 bridgehead atoms. The van der Waals surface area contributed by atoms with E-state index in [0.29, 0.717) is 0 Å². The molecule has 1 aliphatic heterocycles. The minimum Gasteiger partial charge on any atom is -0.377 e. The Labute approximate surface area is 342 Å². The minimum absolute atomic E-state index is 0.963. The lowest BCUT2D eigenvalue weighted by molar-refractivity contribution is -0.692. The molecule has 2 aromatic carbocycles. The zero-order valence-electron chi connectivity index (χ0n) is 33.6. The molecule has 10 heteroatoms. The van der Waals surface area contributed by atoms with Gasteiger partial charge in [0.25, 0.3) is 0 Å². The first kappa shape index (κ1) is 40.7. The van der Waals surface area contributed by atoms with Gasteiger partial charge < -0.3 is 14.7 Å². The maximum absolute atomic E-state index is 2.35. The van der Waals surface area contributed by atoms with Gasteiger partial charge >= 0.3 is 0 Å². The molecule has 0 atom stereocenters. The molecule has 8 nitrogen and oxygen atoms in total. The average molecular weight is 788 g/mol. The first-order valence-electron chi connectivity index (χ1n) is 19.7. The lowest BCUT2D eigenvalue weighted by atomic mass is 10.1. The van der Waals surface area contributed by atoms with Crippen molar-refractivity contribution in [2.75, 3.05) is 62.1 Å². The fourth-order valence-electron chi connectivity index (χ4n) is 6.45. The van der Waals surface area contributed by atoms with E-state index >= 15 is 0 Å². The summed E-state index contributed by atoms with van der Waals surface area (Å²) in [6, 6.07) is 21.9. The van der Waals surface area contributed by atoms with Crippen molar-refractivity contribution in [3.8, 4) is 0 Å². The predicted octanol–water partition coefficient (Wildman–Crippen LogP) is 7.39. The van der Waals surface area contributed by atoms with E-state index in [1.165, 1.54) is 33.6 Å². The summed E-state index contributed by atoms with van der Waals surface area (Å²) in [5.41, 5.74) is 7.42. The van der Waals surface area contributed by atoms with E-state index in [-0.39, 0.29) is 0 Å². The van der Waals surface area contributed by atoms with Crippen LogP contribution in [-0.2, 0) is 33.2 Å². The molecule has 0 amide bonds. The van der Waals surface area contributed by atoms with Crippen LogP contribution in [0.15, 0.2) is 141 Å². The summed E-state index contributed by atoms with van der Waals surface area (Å²) < 4.78 is 11.3. The third kappa shape index (κ3) is 13.4. The van der Waals surface area contributed by atoms with Crippen molar-refractivity contribution in [1.29, 1.82) is 0 Å². The summed E-state index contributed by atoms with van der Waals surface area (Å²) in [5, 5.41) is 0. The molecule has 292 valence electrons. The number of imidazole rings is 2. The van der Waals surface area contributed by atoms with E-state index in [9.17, 15) is 0 Å². The molecule has 4 heterocycles. The van der Waals surface area contributed by atoms with Crippen LogP contribution in [0.3, 0.4) is 0 Å². The normalized spacial score (nSPS) is 12.9. The van der Waals surface area contributed by atoms with Gasteiger partial charge in [0.1, 0.15) is 31.8 Å². The molecule has 3 aromatic heterocycles. The highest BCUT2D eigenvalue weighted by Gasteiger charge is 2.09. The Hall–Kier alpha value is -4.93. The summed E-state index contributed by atoms with van der Waals surface area (Å²) in [6.45, 7) is 7.10. The Bertz CT molecular complexity index is 2040. The largest absolute Gasteiger partial charge is 0.377 e. The Kier molecular flexibility index (Phi) is 15.6. The number of allylic oxidation sites excluding steroid dienone is 3. The van der Waals surface area contributed by atoms with Crippen molar-refractivity contribution in [2.24, 2.45) is 7.05 Å². The summed E-state index contributed by atoms with van der Waals surface area (Å²) >= 11 is 0. The van der Waals surface area contributed by atoms with Crippen LogP contribution in [0, 0.1) is 0 Å². The van der Waals surface area contributed by atoms with E-state index in [4.69, 9.17) is 0 Å². The van der Waals surface area contributed by atoms with E-state index in [2.05, 4.69) is 207 Å². The van der Waals surface area contributed by atoms with Gasteiger partial charge in [0, 0.05) is 88.6 Å². The fourth-order valence-corrected chi connectivity index (χ4v) is 8.41. The highest BCUT2D eigenvalue weighted by atomic mass is 33.1. The van der Waals surface area contributed by atoms with Crippen molar-refractivity contribution in [1.82, 2.24) is 14.0 Å². The lowest BCUT2D eigenvalue weighted by Gasteiger charge is -2.19. The molecule has 0 saturated heterocycles. The van der Waals surface area contributed by atoms with Crippen LogP contribution in [0.2, 0.25) is 0 Å². The van der Waals surface area contributed by atoms with Gasteiger partial charge in [0.2, 0.25) is 12.7 Å². The molecule has 1 aliphatic rings. The van der Waals surface area contributed by atoms with Gasteiger partial charge in [-0.3, -0.25) is 0 Å². The van der Waals surface area contributed by atoms with Crippen LogP contribution in [0.1, 0.15) is 29.5 Å². The predicted molar refractivity (Wildman–Crippen MR) is 238 cm³/mol. The Morgan fingerprint density at radius 1 is 0.643 bits per heavy atom. The fraction of sp³-hybridized carbons (Fsp3) is 0.326. The Morgan fingerprint density at radius 2 is 1.12 bits per heavy atom. The Morgan fingerprint density at radius 3 is 1.61 bits per heavy atom. The second kappa shape index (κ2) is 21.4. The number of likely N-dealkylation sites (N-methyl/N-ethyl adjacent to an activating group) is 1. The monoisotopic (exact) mass is 787 g/mol. The number of rotatable bonds is 21. The average Bonchev–Trinajstić information content (AvgIpc) is 3.88. The number of hydrogen-bond donors (Lipinski definition) is 0. The first-order valence-corrected chi connectivity index (χ1v) is 22.2. The topological polar surface area (TPSA) is 31.2 Å². The van der Waals surface area contributed by atoms with Gasteiger partial charge in [-0.1, -0.05) is 76.2 Å². The van der Waals surface area contributed by atoms with E-state index in [1.54, 1.807) is 0 Å². The van der Waals surface area contributed by atoms with Crippen molar-refractivity contribution < 1.29 is 13.7 Å². The third-order valence-corrected chi connectivity index (χ3v) is 12.4. The number of anilines is 2. The molecular weight excluding hydrogens is 729 g/mol. The molecule has 0 saturated carbocycles. The van der Waals surface area contributed by atoms with Crippen LogP contribution < -0.4 is 23.5 Å². The molecule has 5 aromatic rings. The molecule has 0 unspecified atom stereocenters. The van der Waals surface area contributed by atoms with E-state index < -0.39 is 0 Å². The highest BCUT2D eigenvalue weighted by Crippen LogP contribution is 2.21. The molecular formula is C46H59N8S2+3. The minimum atomic E-state index is 0.963. The van der Waals surface area contributed by atoms with E-state index in [1.807, 2.05) is 33.2 Å². The second-order valence-corrected chi connectivity index (χ2v) is 17.3. The summed E-state index contributed by atoms with van der Waals surface area (Å²) in [4.78, 5) is 6.87. The number of hydrogen-bond acceptors (Lipinski definition) is 5. The number of aryl methyl sites for hydroxylation is 5. The summed E-state index contributed by atoms with van der Waals surface area (Å²) in [6.07, 6.45) is 34.9. The molecule has 6 rings (SSSR count). The van der Waals surface area contributed by atoms with Gasteiger partial charge in [-0.2, -0.15) is 0 Å². The van der Waals surface area contributed by atoms with Gasteiger partial charge in [-0.05, 0) is 58.8 Å².